The monoisotopic (exact) mass is 456 g/mol. The fraction of sp³-hybridized carbons (Fsp3) is 0.190. The summed E-state index contributed by atoms with van der Waals surface area (Å²) in [5.74, 6) is -0.400. The molecule has 10 nitrogen and oxygen atoms in total. The van der Waals surface area contributed by atoms with Crippen LogP contribution in [-0.4, -0.2) is 44.6 Å². The zero-order chi connectivity index (χ0) is 23.5. The topological polar surface area (TPSA) is 124 Å². The Balaban J connectivity index is 1.58. The van der Waals surface area contributed by atoms with Crippen molar-refractivity contribution in [2.24, 2.45) is 0 Å². The highest BCUT2D eigenvalue weighted by molar-refractivity contribution is 6.03. The third kappa shape index (κ3) is 4.79. The summed E-state index contributed by atoms with van der Waals surface area (Å²) in [6.45, 7) is 2.12. The molecule has 0 saturated carbocycles. The van der Waals surface area contributed by atoms with Gasteiger partial charge in [0.2, 0.25) is 11.5 Å². The predicted molar refractivity (Wildman–Crippen MR) is 113 cm³/mol. The number of alkyl halides is 1. The molecule has 3 heterocycles. The van der Waals surface area contributed by atoms with Crippen LogP contribution in [0.25, 0.3) is 17.0 Å². The Kier molecular flexibility index (Phi) is 5.98. The number of hydrogen-bond donors (Lipinski definition) is 2. The first-order chi connectivity index (χ1) is 15.8. The molecule has 4 rings (SSSR count). The predicted octanol–water partition coefficient (Wildman–Crippen LogP) is 3.91. The van der Waals surface area contributed by atoms with E-state index in [1.54, 1.807) is 13.8 Å². The third-order valence-electron chi connectivity index (χ3n) is 4.48. The van der Waals surface area contributed by atoms with Crippen LogP contribution < -0.4 is 10.6 Å². The van der Waals surface area contributed by atoms with Gasteiger partial charge >= 0.3 is 6.09 Å². The van der Waals surface area contributed by atoms with Gasteiger partial charge in [-0.3, -0.25) is 14.5 Å². The van der Waals surface area contributed by atoms with Crippen molar-refractivity contribution in [2.75, 3.05) is 23.9 Å². The number of aromatic nitrogens is 4. The van der Waals surface area contributed by atoms with Crippen molar-refractivity contribution in [3.8, 4) is 11.3 Å². The van der Waals surface area contributed by atoms with Gasteiger partial charge < -0.3 is 14.5 Å². The van der Waals surface area contributed by atoms with Gasteiger partial charge in [0.25, 0.3) is 5.91 Å². The number of carbonyl (C=O) groups is 2. The van der Waals surface area contributed by atoms with Crippen LogP contribution in [0.2, 0.25) is 0 Å². The van der Waals surface area contributed by atoms with Crippen molar-refractivity contribution in [3.63, 3.8) is 0 Å². The number of aryl methyl sites for hydroxylation is 2. The molecule has 0 unspecified atom stereocenters. The van der Waals surface area contributed by atoms with Crippen molar-refractivity contribution >= 4 is 29.2 Å². The van der Waals surface area contributed by atoms with Gasteiger partial charge in [0.05, 0.1) is 23.3 Å². The van der Waals surface area contributed by atoms with Crippen LogP contribution in [0.1, 0.15) is 22.1 Å². The molecule has 0 aliphatic heterocycles. The molecule has 2 N–H and O–H groups in total. The molecule has 2 amide bonds. The summed E-state index contributed by atoms with van der Waals surface area (Å²) in [7, 11) is 0. The molecule has 0 saturated heterocycles. The molecule has 0 fully saturated rings. The van der Waals surface area contributed by atoms with Gasteiger partial charge in [-0.2, -0.15) is 0 Å². The summed E-state index contributed by atoms with van der Waals surface area (Å²) >= 11 is 0. The number of amides is 2. The number of rotatable bonds is 6. The van der Waals surface area contributed by atoms with E-state index in [1.807, 2.05) is 0 Å². The quantitative estimate of drug-likeness (QED) is 0.451. The number of ether oxygens (including phenoxy) is 1. The molecule has 1 aromatic carbocycles. The van der Waals surface area contributed by atoms with Gasteiger partial charge in [0.1, 0.15) is 19.1 Å². The Labute approximate surface area is 185 Å². The minimum atomic E-state index is -0.833. The van der Waals surface area contributed by atoms with E-state index in [4.69, 9.17) is 4.42 Å². The van der Waals surface area contributed by atoms with Crippen molar-refractivity contribution in [1.29, 1.82) is 0 Å². The summed E-state index contributed by atoms with van der Waals surface area (Å²) in [5.41, 5.74) is 1.42. The molecule has 0 radical (unpaired) electrons. The van der Waals surface area contributed by atoms with Crippen molar-refractivity contribution < 1.29 is 27.5 Å². The molecule has 0 aliphatic carbocycles. The lowest BCUT2D eigenvalue weighted by molar-refractivity contribution is 0.0994. The molecule has 0 atom stereocenters. The van der Waals surface area contributed by atoms with E-state index in [2.05, 4.69) is 30.3 Å². The molecular weight excluding hydrogens is 438 g/mol. The molecular formula is C21H18F2N6O4. The SMILES string of the molecule is Cc1nc(C)c(C(=O)Nc2ccc(F)c(-c3cn4cc(NC(=O)OCCF)cnc4n3)c2)o1. The van der Waals surface area contributed by atoms with E-state index in [0.29, 0.717) is 17.3 Å². The van der Waals surface area contributed by atoms with Gasteiger partial charge in [-0.05, 0) is 25.1 Å². The van der Waals surface area contributed by atoms with Crippen molar-refractivity contribution in [1.82, 2.24) is 19.4 Å². The maximum Gasteiger partial charge on any atom is 0.411 e. The number of nitrogens with zero attached hydrogens (tertiary/aromatic N) is 4. The highest BCUT2D eigenvalue weighted by atomic mass is 19.1. The second kappa shape index (κ2) is 9.02. The number of fused-ring (bicyclic) bond motifs is 1. The number of hydrogen-bond acceptors (Lipinski definition) is 7. The molecule has 4 aromatic rings. The van der Waals surface area contributed by atoms with E-state index in [9.17, 15) is 18.4 Å². The van der Waals surface area contributed by atoms with Crippen LogP contribution in [0.5, 0.6) is 0 Å². The lowest BCUT2D eigenvalue weighted by Crippen LogP contribution is -2.15. The van der Waals surface area contributed by atoms with Crippen molar-refractivity contribution in [3.05, 3.63) is 60.0 Å². The minimum absolute atomic E-state index is 0.0698. The van der Waals surface area contributed by atoms with Gasteiger partial charge in [0.15, 0.2) is 5.89 Å². The van der Waals surface area contributed by atoms with Gasteiger partial charge in [-0.25, -0.2) is 28.5 Å². The molecule has 0 aliphatic rings. The molecule has 3 aromatic heterocycles. The zero-order valence-corrected chi connectivity index (χ0v) is 17.6. The number of benzene rings is 1. The Morgan fingerprint density at radius 3 is 2.70 bits per heavy atom. The van der Waals surface area contributed by atoms with E-state index >= 15 is 0 Å². The van der Waals surface area contributed by atoms with Crippen LogP contribution >= 0.6 is 0 Å². The first-order valence-corrected chi connectivity index (χ1v) is 9.74. The zero-order valence-electron chi connectivity index (χ0n) is 17.6. The standard InChI is InChI=1S/C21H18F2N6O4/c1-11-18(33-12(2)25-11)19(30)26-13-3-4-16(23)15(7-13)17-10-29-9-14(8-24-20(29)28-17)27-21(31)32-6-5-22/h3-4,7-10H,5-6H2,1-2H3,(H,26,30)(H,27,31). The van der Waals surface area contributed by atoms with E-state index in [0.717, 1.165) is 0 Å². The van der Waals surface area contributed by atoms with E-state index in [-0.39, 0.29) is 35.1 Å². The number of carbonyl (C=O) groups excluding carboxylic acids is 2. The highest BCUT2D eigenvalue weighted by Gasteiger charge is 2.18. The maximum atomic E-state index is 14.6. The van der Waals surface area contributed by atoms with E-state index in [1.165, 1.54) is 41.2 Å². The summed E-state index contributed by atoms with van der Waals surface area (Å²) in [5, 5.41) is 5.06. The van der Waals surface area contributed by atoms with Crippen LogP contribution in [-0.2, 0) is 4.74 Å². The Bertz CT molecular complexity index is 1350. The van der Waals surface area contributed by atoms with Gasteiger partial charge in [0, 0.05) is 30.6 Å². The molecule has 0 spiro atoms. The largest absolute Gasteiger partial charge is 0.447 e. The summed E-state index contributed by atoms with van der Waals surface area (Å²) in [6.07, 6.45) is 3.50. The Hall–Kier alpha value is -4.35. The molecule has 33 heavy (non-hydrogen) atoms. The smallest absolute Gasteiger partial charge is 0.411 e. The maximum absolute atomic E-state index is 14.6. The number of nitrogens with one attached hydrogen (secondary N) is 2. The molecule has 12 heteroatoms. The van der Waals surface area contributed by atoms with Crippen LogP contribution in [0.15, 0.2) is 41.2 Å². The number of oxazole rings is 1. The average Bonchev–Trinajstić information content (AvgIpc) is 3.35. The normalized spacial score (nSPS) is 10.9. The third-order valence-corrected chi connectivity index (χ3v) is 4.48. The van der Waals surface area contributed by atoms with Crippen LogP contribution in [0, 0.1) is 19.7 Å². The highest BCUT2D eigenvalue weighted by Crippen LogP contribution is 2.26. The second-order valence-corrected chi connectivity index (χ2v) is 6.92. The first-order valence-electron chi connectivity index (χ1n) is 9.74. The lowest BCUT2D eigenvalue weighted by atomic mass is 10.1. The summed E-state index contributed by atoms with van der Waals surface area (Å²) in [6, 6.07) is 4.05. The molecule has 0 bridgehead atoms. The number of imidazole rings is 1. The summed E-state index contributed by atoms with van der Waals surface area (Å²) < 4.78 is 38.1. The second-order valence-electron chi connectivity index (χ2n) is 6.92. The van der Waals surface area contributed by atoms with Gasteiger partial charge in [-0.15, -0.1) is 0 Å². The summed E-state index contributed by atoms with van der Waals surface area (Å²) in [4.78, 5) is 36.5. The average molecular weight is 456 g/mol. The van der Waals surface area contributed by atoms with Crippen LogP contribution in [0.3, 0.4) is 0 Å². The number of halogens is 2. The van der Waals surface area contributed by atoms with Crippen molar-refractivity contribution in [2.45, 2.75) is 13.8 Å². The van der Waals surface area contributed by atoms with Crippen LogP contribution in [0.4, 0.5) is 25.0 Å². The molecule has 170 valence electrons. The first kappa shape index (κ1) is 21.9. The Morgan fingerprint density at radius 1 is 1.15 bits per heavy atom. The lowest BCUT2D eigenvalue weighted by Gasteiger charge is -2.06. The minimum Gasteiger partial charge on any atom is -0.447 e. The van der Waals surface area contributed by atoms with E-state index < -0.39 is 24.5 Å². The fourth-order valence-electron chi connectivity index (χ4n) is 3.09. The van der Waals surface area contributed by atoms with Gasteiger partial charge in [-0.1, -0.05) is 0 Å². The Morgan fingerprint density at radius 2 is 1.97 bits per heavy atom. The fourth-order valence-corrected chi connectivity index (χ4v) is 3.09. The number of anilines is 2.